The van der Waals surface area contributed by atoms with Crippen LogP contribution in [0.4, 0.5) is 13.2 Å². The van der Waals surface area contributed by atoms with E-state index in [1.165, 1.54) is 0 Å². The van der Waals surface area contributed by atoms with Gasteiger partial charge in [-0.3, -0.25) is 4.79 Å². The molecule has 136 valence electrons. The number of alkyl halides is 3. The minimum absolute atomic E-state index is 0. The van der Waals surface area contributed by atoms with Crippen molar-refractivity contribution in [2.45, 2.75) is 44.3 Å². The molecule has 0 aliphatic carbocycles. The van der Waals surface area contributed by atoms with Crippen molar-refractivity contribution in [1.82, 2.24) is 10.6 Å². The molecule has 1 aromatic carbocycles. The first-order valence-corrected chi connectivity index (χ1v) is 8.06. The summed E-state index contributed by atoms with van der Waals surface area (Å²) in [5.74, 6) is -0.0813. The standard InChI is InChI=1S/C17H23F3N2O.ClH/c18-17(19,20)15(12-14-4-2-1-3-5-14)22-16(23)7-6-13-8-10-21-11-9-13;/h1-5,13,15,21H,6-12H2,(H,22,23);1H. The van der Waals surface area contributed by atoms with Gasteiger partial charge in [0.1, 0.15) is 6.04 Å². The Labute approximate surface area is 146 Å². The van der Waals surface area contributed by atoms with E-state index in [2.05, 4.69) is 10.6 Å². The average Bonchev–Trinajstić information content (AvgIpc) is 2.53. The van der Waals surface area contributed by atoms with Gasteiger partial charge in [0.25, 0.3) is 0 Å². The van der Waals surface area contributed by atoms with Crippen LogP contribution in [0, 0.1) is 5.92 Å². The van der Waals surface area contributed by atoms with Crippen molar-refractivity contribution in [3.8, 4) is 0 Å². The van der Waals surface area contributed by atoms with Gasteiger partial charge in [0.15, 0.2) is 0 Å². The monoisotopic (exact) mass is 364 g/mol. The number of hydrogen-bond donors (Lipinski definition) is 2. The van der Waals surface area contributed by atoms with E-state index in [-0.39, 0.29) is 25.2 Å². The molecule has 1 aliphatic heterocycles. The summed E-state index contributed by atoms with van der Waals surface area (Å²) >= 11 is 0. The molecule has 1 heterocycles. The van der Waals surface area contributed by atoms with Crippen molar-refractivity contribution in [2.75, 3.05) is 13.1 Å². The molecule has 2 rings (SSSR count). The molecule has 7 heteroatoms. The molecule has 1 aliphatic rings. The summed E-state index contributed by atoms with van der Waals surface area (Å²) in [6.07, 6.45) is -1.89. The molecule has 1 atom stereocenters. The number of nitrogens with one attached hydrogen (secondary N) is 2. The second-order valence-electron chi connectivity index (χ2n) is 6.08. The van der Waals surface area contributed by atoms with E-state index in [1.54, 1.807) is 30.3 Å². The van der Waals surface area contributed by atoms with Gasteiger partial charge in [0.2, 0.25) is 5.91 Å². The number of hydrogen-bond acceptors (Lipinski definition) is 2. The lowest BCUT2D eigenvalue weighted by Gasteiger charge is -2.24. The zero-order chi connectivity index (χ0) is 16.7. The van der Waals surface area contributed by atoms with Crippen molar-refractivity contribution >= 4 is 18.3 Å². The number of amides is 1. The van der Waals surface area contributed by atoms with Gasteiger partial charge in [-0.25, -0.2) is 0 Å². The normalized spacial score (nSPS) is 17.0. The van der Waals surface area contributed by atoms with Crippen LogP contribution in [0.3, 0.4) is 0 Å². The zero-order valence-corrected chi connectivity index (χ0v) is 14.3. The third kappa shape index (κ3) is 7.09. The second kappa shape index (κ2) is 9.89. The average molecular weight is 365 g/mol. The molecule has 1 aromatic rings. The molecule has 0 radical (unpaired) electrons. The Bertz CT molecular complexity index is 490. The van der Waals surface area contributed by atoms with Crippen LogP contribution in [0.5, 0.6) is 0 Å². The Morgan fingerprint density at radius 2 is 1.83 bits per heavy atom. The van der Waals surface area contributed by atoms with Gasteiger partial charge in [0, 0.05) is 12.8 Å². The van der Waals surface area contributed by atoms with Crippen molar-refractivity contribution in [3.63, 3.8) is 0 Å². The maximum Gasteiger partial charge on any atom is 0.408 e. The number of piperidine rings is 1. The molecule has 1 amide bonds. The third-order valence-corrected chi connectivity index (χ3v) is 4.25. The summed E-state index contributed by atoms with van der Waals surface area (Å²) in [4.78, 5) is 11.9. The molecular weight excluding hydrogens is 341 g/mol. The first-order chi connectivity index (χ1) is 10.9. The number of benzene rings is 1. The van der Waals surface area contributed by atoms with Gasteiger partial charge in [-0.15, -0.1) is 12.4 Å². The minimum atomic E-state index is -4.44. The summed E-state index contributed by atoms with van der Waals surface area (Å²) < 4.78 is 39.4. The summed E-state index contributed by atoms with van der Waals surface area (Å²) in [6, 6.07) is 6.60. The SMILES string of the molecule is Cl.O=C(CCC1CCNCC1)NC(Cc1ccccc1)C(F)(F)F. The Morgan fingerprint density at radius 3 is 2.42 bits per heavy atom. The number of carbonyl (C=O) groups excluding carboxylic acids is 1. The lowest BCUT2D eigenvalue weighted by Crippen LogP contribution is -2.46. The van der Waals surface area contributed by atoms with E-state index in [4.69, 9.17) is 0 Å². The van der Waals surface area contributed by atoms with E-state index in [0.717, 1.165) is 25.9 Å². The highest BCUT2D eigenvalue weighted by Crippen LogP contribution is 2.24. The fraction of sp³-hybridized carbons (Fsp3) is 0.588. The van der Waals surface area contributed by atoms with Gasteiger partial charge in [-0.05, 0) is 43.8 Å². The smallest absolute Gasteiger partial charge is 0.344 e. The summed E-state index contributed by atoms with van der Waals surface area (Å²) in [7, 11) is 0. The molecule has 3 nitrogen and oxygen atoms in total. The molecule has 1 saturated heterocycles. The maximum atomic E-state index is 13.1. The van der Waals surface area contributed by atoms with E-state index >= 15 is 0 Å². The van der Waals surface area contributed by atoms with Crippen LogP contribution in [-0.2, 0) is 11.2 Å². The van der Waals surface area contributed by atoms with Crippen LogP contribution in [0.1, 0.15) is 31.2 Å². The number of carbonyl (C=O) groups is 1. The van der Waals surface area contributed by atoms with Gasteiger partial charge < -0.3 is 10.6 Å². The van der Waals surface area contributed by atoms with Crippen LogP contribution in [0.2, 0.25) is 0 Å². The van der Waals surface area contributed by atoms with E-state index in [1.807, 2.05) is 0 Å². The van der Waals surface area contributed by atoms with Crippen molar-refractivity contribution in [3.05, 3.63) is 35.9 Å². The molecule has 0 saturated carbocycles. The molecule has 1 unspecified atom stereocenters. The maximum absolute atomic E-state index is 13.1. The van der Waals surface area contributed by atoms with Gasteiger partial charge in [-0.1, -0.05) is 30.3 Å². The fourth-order valence-corrected chi connectivity index (χ4v) is 2.87. The third-order valence-electron chi connectivity index (χ3n) is 4.25. The highest BCUT2D eigenvalue weighted by atomic mass is 35.5. The van der Waals surface area contributed by atoms with Crippen LogP contribution >= 0.6 is 12.4 Å². The predicted octanol–water partition coefficient (Wildman–Crippen LogP) is 3.48. The van der Waals surface area contributed by atoms with E-state index in [0.29, 0.717) is 17.9 Å². The summed E-state index contributed by atoms with van der Waals surface area (Å²) in [5.41, 5.74) is 0.563. The predicted molar refractivity (Wildman–Crippen MR) is 90.2 cm³/mol. The van der Waals surface area contributed by atoms with Crippen LogP contribution in [0.15, 0.2) is 30.3 Å². The highest BCUT2D eigenvalue weighted by Gasteiger charge is 2.40. The molecule has 0 bridgehead atoms. The van der Waals surface area contributed by atoms with Crippen LogP contribution in [0.25, 0.3) is 0 Å². The van der Waals surface area contributed by atoms with Gasteiger partial charge in [-0.2, -0.15) is 13.2 Å². The lowest BCUT2D eigenvalue weighted by molar-refractivity contribution is -0.161. The molecule has 2 N–H and O–H groups in total. The molecule has 1 fully saturated rings. The Hall–Kier alpha value is -1.27. The fourth-order valence-electron chi connectivity index (χ4n) is 2.87. The largest absolute Gasteiger partial charge is 0.408 e. The molecular formula is C17H24ClF3N2O. The second-order valence-corrected chi connectivity index (χ2v) is 6.08. The van der Waals surface area contributed by atoms with Crippen molar-refractivity contribution < 1.29 is 18.0 Å². The van der Waals surface area contributed by atoms with Gasteiger partial charge >= 0.3 is 6.18 Å². The highest BCUT2D eigenvalue weighted by molar-refractivity contribution is 5.85. The zero-order valence-electron chi connectivity index (χ0n) is 13.4. The Morgan fingerprint density at radius 1 is 1.21 bits per heavy atom. The van der Waals surface area contributed by atoms with Gasteiger partial charge in [0.05, 0.1) is 0 Å². The first-order valence-electron chi connectivity index (χ1n) is 8.06. The number of rotatable bonds is 6. The Balaban J connectivity index is 0.00000288. The van der Waals surface area contributed by atoms with Crippen molar-refractivity contribution in [2.24, 2.45) is 5.92 Å². The number of halogens is 4. The van der Waals surface area contributed by atoms with E-state index in [9.17, 15) is 18.0 Å². The van der Waals surface area contributed by atoms with Crippen LogP contribution in [-0.4, -0.2) is 31.2 Å². The molecule has 0 spiro atoms. The minimum Gasteiger partial charge on any atom is -0.344 e. The molecule has 24 heavy (non-hydrogen) atoms. The summed E-state index contributed by atoms with van der Waals surface area (Å²) in [5, 5.41) is 5.40. The summed E-state index contributed by atoms with van der Waals surface area (Å²) in [6.45, 7) is 1.84. The van der Waals surface area contributed by atoms with Crippen LogP contribution < -0.4 is 10.6 Å². The molecule has 0 aromatic heterocycles. The Kier molecular flexibility index (Phi) is 8.56. The first kappa shape index (κ1) is 20.8. The quantitative estimate of drug-likeness (QED) is 0.811. The topological polar surface area (TPSA) is 41.1 Å². The lowest BCUT2D eigenvalue weighted by atomic mass is 9.93. The van der Waals surface area contributed by atoms with E-state index < -0.39 is 18.1 Å². The van der Waals surface area contributed by atoms with Crippen molar-refractivity contribution in [1.29, 1.82) is 0 Å².